The highest BCUT2D eigenvalue weighted by Gasteiger charge is 2.25. The minimum absolute atomic E-state index is 0.351. The van der Waals surface area contributed by atoms with Gasteiger partial charge in [0.1, 0.15) is 11.3 Å². The molecule has 3 aromatic heterocycles. The number of nitrogens with one attached hydrogen (secondary N) is 2. The van der Waals surface area contributed by atoms with Gasteiger partial charge in [-0.25, -0.2) is 9.97 Å². The molecule has 0 aliphatic carbocycles. The number of furan rings is 1. The van der Waals surface area contributed by atoms with Gasteiger partial charge in [0.15, 0.2) is 5.76 Å². The van der Waals surface area contributed by atoms with E-state index in [0.29, 0.717) is 22.5 Å². The highest BCUT2D eigenvalue weighted by molar-refractivity contribution is 8.18. The fraction of sp³-hybridized carbons (Fsp3) is 0.250. The number of hydrogen-bond acceptors (Lipinski definition) is 9. The van der Waals surface area contributed by atoms with E-state index in [4.69, 9.17) is 4.42 Å². The van der Waals surface area contributed by atoms with E-state index in [2.05, 4.69) is 36.6 Å². The van der Waals surface area contributed by atoms with Gasteiger partial charge in [-0.05, 0) is 73.0 Å². The number of anilines is 1. The number of imide groups is 1. The maximum atomic E-state index is 11.8. The second-order valence-corrected chi connectivity index (χ2v) is 10.4. The lowest BCUT2D eigenvalue weighted by atomic mass is 9.97. The van der Waals surface area contributed by atoms with Gasteiger partial charge in [-0.3, -0.25) is 19.9 Å². The molecule has 2 fully saturated rings. The minimum Gasteiger partial charge on any atom is -0.454 e. The monoisotopic (exact) mass is 526 g/mol. The van der Waals surface area contributed by atoms with E-state index in [9.17, 15) is 9.59 Å². The lowest BCUT2D eigenvalue weighted by Gasteiger charge is -2.32. The second kappa shape index (κ2) is 10.8. The highest BCUT2D eigenvalue weighted by Crippen LogP contribution is 2.27. The first kappa shape index (κ1) is 24.3. The predicted octanol–water partition coefficient (Wildman–Crippen LogP) is 4.61. The Morgan fingerprint density at radius 1 is 1.11 bits per heavy atom. The predicted molar refractivity (Wildman–Crippen MR) is 147 cm³/mol. The topological polar surface area (TPSA) is 113 Å². The zero-order valence-corrected chi connectivity index (χ0v) is 21.4. The molecule has 2 saturated heterocycles. The Kier molecular flexibility index (Phi) is 6.89. The maximum Gasteiger partial charge on any atom is 0.290 e. The molecule has 2 amide bonds. The summed E-state index contributed by atoms with van der Waals surface area (Å²) in [5, 5.41) is 6.55. The number of carbonyl (C=O) groups is 2. The number of para-hydroxylation sites is 1. The van der Waals surface area contributed by atoms with Gasteiger partial charge in [-0.1, -0.05) is 24.3 Å². The standard InChI is InChI=1S/C28H26N6O3S/c35-26-25(38-28(36)33-26)14-21-7-10-30-27(32-21)34-11-8-18(9-12-34)15-29-16-19-5-6-22(31-17-19)24-13-20-3-1-2-4-23(20)37-24/h1-7,10,13-14,17-18,29H,8-9,11-12,15-16H2,(H,33,35,36)/b25-14-. The number of piperidine rings is 1. The molecular formula is C28H26N6O3S. The van der Waals surface area contributed by atoms with E-state index in [0.717, 1.165) is 78.8 Å². The highest BCUT2D eigenvalue weighted by atomic mass is 32.2. The van der Waals surface area contributed by atoms with E-state index in [1.165, 1.54) is 0 Å². The first-order valence-corrected chi connectivity index (χ1v) is 13.4. The Bertz CT molecular complexity index is 1480. The lowest BCUT2D eigenvalue weighted by molar-refractivity contribution is -0.115. The van der Waals surface area contributed by atoms with E-state index in [1.807, 2.05) is 42.6 Å². The van der Waals surface area contributed by atoms with Crippen LogP contribution in [0.25, 0.3) is 28.5 Å². The van der Waals surface area contributed by atoms with Crippen molar-refractivity contribution in [1.29, 1.82) is 0 Å². The van der Waals surface area contributed by atoms with Crippen LogP contribution in [-0.4, -0.2) is 45.7 Å². The smallest absolute Gasteiger partial charge is 0.290 e. The number of amides is 2. The van der Waals surface area contributed by atoms with Crippen molar-refractivity contribution in [3.63, 3.8) is 0 Å². The molecule has 0 bridgehead atoms. The molecule has 1 aromatic carbocycles. The SMILES string of the molecule is O=C1NC(=O)/C(=C/c2ccnc(N3CCC(CNCc4ccc(-c5cc6ccccc6o5)nc4)CC3)n2)S1. The van der Waals surface area contributed by atoms with Crippen LogP contribution < -0.4 is 15.5 Å². The average molecular weight is 527 g/mol. The van der Waals surface area contributed by atoms with E-state index >= 15 is 0 Å². The van der Waals surface area contributed by atoms with Gasteiger partial charge in [0, 0.05) is 37.4 Å². The molecule has 0 unspecified atom stereocenters. The molecule has 0 saturated carbocycles. The van der Waals surface area contributed by atoms with Gasteiger partial charge < -0.3 is 14.6 Å². The maximum absolute atomic E-state index is 11.8. The summed E-state index contributed by atoms with van der Waals surface area (Å²) in [6.07, 6.45) is 7.30. The summed E-state index contributed by atoms with van der Waals surface area (Å²) in [6.45, 7) is 3.44. The van der Waals surface area contributed by atoms with Crippen LogP contribution in [0.4, 0.5) is 10.7 Å². The van der Waals surface area contributed by atoms with Gasteiger partial charge in [0.25, 0.3) is 11.1 Å². The summed E-state index contributed by atoms with van der Waals surface area (Å²) in [7, 11) is 0. The molecule has 0 spiro atoms. The molecule has 2 aliphatic rings. The molecule has 2 aliphatic heterocycles. The van der Waals surface area contributed by atoms with Crippen molar-refractivity contribution in [1.82, 2.24) is 25.6 Å². The lowest BCUT2D eigenvalue weighted by Crippen LogP contribution is -2.38. The number of pyridine rings is 1. The summed E-state index contributed by atoms with van der Waals surface area (Å²) in [5.74, 6) is 1.62. The molecule has 38 heavy (non-hydrogen) atoms. The number of hydrogen-bond donors (Lipinski definition) is 2. The number of rotatable bonds is 7. The quantitative estimate of drug-likeness (QED) is 0.333. The van der Waals surface area contributed by atoms with Gasteiger partial charge in [0.05, 0.1) is 10.6 Å². The molecule has 5 heterocycles. The number of nitrogens with zero attached hydrogens (tertiary/aromatic N) is 4. The molecular weight excluding hydrogens is 500 g/mol. The summed E-state index contributed by atoms with van der Waals surface area (Å²) in [4.78, 5) is 39.3. The Hall–Kier alpha value is -4.02. The third-order valence-electron chi connectivity index (χ3n) is 6.75. The van der Waals surface area contributed by atoms with Crippen molar-refractivity contribution in [2.75, 3.05) is 24.5 Å². The van der Waals surface area contributed by atoms with Crippen LogP contribution in [-0.2, 0) is 11.3 Å². The molecule has 0 atom stereocenters. The molecule has 4 aromatic rings. The Labute approximate surface area is 223 Å². The number of fused-ring (bicyclic) bond motifs is 1. The average Bonchev–Trinajstić information content (AvgIpc) is 3.51. The first-order valence-electron chi connectivity index (χ1n) is 12.6. The van der Waals surface area contributed by atoms with E-state index in [-0.39, 0.29) is 11.1 Å². The Balaban J connectivity index is 0.980. The van der Waals surface area contributed by atoms with Crippen LogP contribution in [0, 0.1) is 5.92 Å². The van der Waals surface area contributed by atoms with Crippen molar-refractivity contribution >= 4 is 45.9 Å². The number of aromatic nitrogens is 3. The Morgan fingerprint density at radius 2 is 1.97 bits per heavy atom. The van der Waals surface area contributed by atoms with E-state index in [1.54, 1.807) is 18.3 Å². The molecule has 2 N–H and O–H groups in total. The molecule has 192 valence electrons. The number of carbonyl (C=O) groups excluding carboxylic acids is 2. The van der Waals surface area contributed by atoms with Crippen molar-refractivity contribution in [2.45, 2.75) is 19.4 Å². The largest absolute Gasteiger partial charge is 0.454 e. The molecule has 9 nitrogen and oxygen atoms in total. The van der Waals surface area contributed by atoms with Crippen LogP contribution in [0.1, 0.15) is 24.1 Å². The fourth-order valence-corrected chi connectivity index (χ4v) is 5.36. The van der Waals surface area contributed by atoms with Gasteiger partial charge in [-0.2, -0.15) is 0 Å². The van der Waals surface area contributed by atoms with E-state index < -0.39 is 0 Å². The first-order chi connectivity index (χ1) is 18.6. The Morgan fingerprint density at radius 3 is 2.74 bits per heavy atom. The van der Waals surface area contributed by atoms with Crippen molar-refractivity contribution in [3.05, 3.63) is 77.1 Å². The van der Waals surface area contributed by atoms with Crippen LogP contribution >= 0.6 is 11.8 Å². The van der Waals surface area contributed by atoms with Crippen molar-refractivity contribution in [2.24, 2.45) is 5.92 Å². The molecule has 10 heteroatoms. The number of thioether (sulfide) groups is 1. The third kappa shape index (κ3) is 5.46. The van der Waals surface area contributed by atoms with Crippen molar-refractivity contribution < 1.29 is 14.0 Å². The zero-order chi connectivity index (χ0) is 25.9. The van der Waals surface area contributed by atoms with Gasteiger partial charge in [-0.15, -0.1) is 0 Å². The number of benzene rings is 1. The summed E-state index contributed by atoms with van der Waals surface area (Å²) in [6, 6.07) is 15.8. The normalized spacial score (nSPS) is 17.5. The van der Waals surface area contributed by atoms with Crippen LogP contribution in [0.2, 0.25) is 0 Å². The summed E-state index contributed by atoms with van der Waals surface area (Å²) in [5.41, 5.74) is 3.45. The molecule has 0 radical (unpaired) electrons. The summed E-state index contributed by atoms with van der Waals surface area (Å²) < 4.78 is 5.92. The van der Waals surface area contributed by atoms with Crippen LogP contribution in [0.5, 0.6) is 0 Å². The summed E-state index contributed by atoms with van der Waals surface area (Å²) >= 11 is 0.889. The van der Waals surface area contributed by atoms with Crippen LogP contribution in [0.3, 0.4) is 0 Å². The second-order valence-electron chi connectivity index (χ2n) is 9.40. The van der Waals surface area contributed by atoms with Crippen LogP contribution in [0.15, 0.2) is 70.2 Å². The zero-order valence-electron chi connectivity index (χ0n) is 20.6. The third-order valence-corrected chi connectivity index (χ3v) is 7.56. The molecule has 6 rings (SSSR count). The fourth-order valence-electron chi connectivity index (χ4n) is 4.69. The van der Waals surface area contributed by atoms with Crippen molar-refractivity contribution in [3.8, 4) is 11.5 Å². The minimum atomic E-state index is -0.383. The van der Waals surface area contributed by atoms with Gasteiger partial charge >= 0.3 is 0 Å². The van der Waals surface area contributed by atoms with Gasteiger partial charge in [0.2, 0.25) is 5.95 Å².